The van der Waals surface area contributed by atoms with Crippen molar-refractivity contribution in [2.45, 2.75) is 57.5 Å². The Hall–Kier alpha value is -0.740. The summed E-state index contributed by atoms with van der Waals surface area (Å²) in [5, 5.41) is 40.2. The molecule has 2 amide bonds. The van der Waals surface area contributed by atoms with Crippen LogP contribution in [-0.4, -0.2) is 106 Å². The molecule has 0 aromatic carbocycles. The molecule has 12 nitrogen and oxygen atoms in total. The zero-order chi connectivity index (χ0) is 29.1. The van der Waals surface area contributed by atoms with Gasteiger partial charge in [0.2, 0.25) is 11.8 Å². The molecule has 16 heteroatoms. The van der Waals surface area contributed by atoms with Crippen LogP contribution in [0.15, 0.2) is 0 Å². The number of carbonyl (C=O) groups is 3. The maximum Gasteiger partial charge on any atom is 1.00 e. The van der Waals surface area contributed by atoms with E-state index in [4.69, 9.17) is 83.4 Å². The van der Waals surface area contributed by atoms with E-state index in [9.17, 15) is 14.4 Å². The Morgan fingerprint density at radius 1 is 1.24 bits per heavy atom. The van der Waals surface area contributed by atoms with Crippen molar-refractivity contribution in [3.8, 4) is 6.07 Å². The Bertz CT molecular complexity index is 637. The van der Waals surface area contributed by atoms with Gasteiger partial charge in [-0.15, -0.1) is 34.8 Å². The Labute approximate surface area is 256 Å². The van der Waals surface area contributed by atoms with Gasteiger partial charge in [0.1, 0.15) is 5.78 Å². The zero-order valence-corrected chi connectivity index (χ0v) is 25.8. The maximum absolute atomic E-state index is 10.9. The number of hydrogen-bond acceptors (Lipinski definition) is 10. The van der Waals surface area contributed by atoms with Gasteiger partial charge in [-0.2, -0.15) is 5.26 Å². The molecule has 2 aliphatic rings. The summed E-state index contributed by atoms with van der Waals surface area (Å²) in [6, 6.07) is 1.78. The number of carbonyl (C=O) groups excluding carboxylic acids is 3. The predicted octanol–water partition coefficient (Wildman–Crippen LogP) is -3.18. The van der Waals surface area contributed by atoms with Crippen molar-refractivity contribution in [2.24, 2.45) is 11.5 Å². The molecule has 2 aliphatic heterocycles. The number of epoxide rings is 1. The molecule has 0 spiro atoms. The molecule has 4 unspecified atom stereocenters. The molecule has 0 aliphatic carbocycles. The summed E-state index contributed by atoms with van der Waals surface area (Å²) < 4.78 is 4.73. The van der Waals surface area contributed by atoms with Gasteiger partial charge in [0.25, 0.3) is 0 Å². The number of nitrogens with two attached hydrogens (primary N) is 2. The molecule has 7 N–H and O–H groups in total. The average molecular weight is 601 g/mol. The number of ether oxygens (including phenoxy) is 1. The van der Waals surface area contributed by atoms with Crippen LogP contribution in [0.5, 0.6) is 0 Å². The van der Waals surface area contributed by atoms with Crippen LogP contribution in [0.1, 0.15) is 33.1 Å². The third kappa shape index (κ3) is 39.9. The van der Waals surface area contributed by atoms with Gasteiger partial charge >= 0.3 is 29.6 Å². The van der Waals surface area contributed by atoms with Crippen LogP contribution in [0.2, 0.25) is 0 Å². The number of ketones is 1. The molecule has 2 heterocycles. The van der Waals surface area contributed by atoms with Crippen molar-refractivity contribution in [3.05, 3.63) is 6.57 Å². The fourth-order valence-electron chi connectivity index (χ4n) is 1.52. The monoisotopic (exact) mass is 599 g/mol. The number of nitriles is 1. The van der Waals surface area contributed by atoms with Crippen LogP contribution < -0.4 is 41.0 Å². The summed E-state index contributed by atoms with van der Waals surface area (Å²) in [7, 11) is 0. The molecule has 37 heavy (non-hydrogen) atoms. The average Bonchev–Trinajstić information content (AvgIpc) is 3.65. The number of primary amides is 1. The van der Waals surface area contributed by atoms with Crippen molar-refractivity contribution in [1.82, 2.24) is 4.90 Å². The third-order valence-electron chi connectivity index (χ3n) is 3.56. The number of alkyl halides is 3. The Balaban J connectivity index is -0.000000117. The van der Waals surface area contributed by atoms with E-state index in [0.717, 1.165) is 13.0 Å². The van der Waals surface area contributed by atoms with Crippen LogP contribution in [-0.2, 0) is 19.1 Å². The first-order chi connectivity index (χ1) is 16.9. The van der Waals surface area contributed by atoms with Gasteiger partial charge in [-0.05, 0) is 13.3 Å². The molecule has 2 rings (SSSR count). The molecular weight excluding hydrogens is 564 g/mol. The molecule has 0 bridgehead atoms. The number of aliphatic hydroxyl groups is 3. The minimum Gasteiger partial charge on any atom is -0.512 e. The van der Waals surface area contributed by atoms with Gasteiger partial charge in [0.05, 0.1) is 68.9 Å². The fourth-order valence-corrected chi connectivity index (χ4v) is 2.02. The number of Topliss-reactive ketones (excluding diaryl/α,β-unsaturated/α-hetero) is 1. The Morgan fingerprint density at radius 2 is 1.70 bits per heavy atom. The first-order valence-corrected chi connectivity index (χ1v) is 12.2. The van der Waals surface area contributed by atoms with Gasteiger partial charge in [0, 0.05) is 18.3 Å². The molecule has 4 atom stereocenters. The maximum atomic E-state index is 10.9. The van der Waals surface area contributed by atoms with Gasteiger partial charge in [-0.1, -0.05) is 6.92 Å². The first kappa shape index (κ1) is 46.1. The molecule has 0 aromatic heterocycles. The molecule has 0 radical (unpaired) electrons. The number of amides is 2. The number of halogens is 3. The van der Waals surface area contributed by atoms with E-state index in [-0.39, 0.29) is 85.7 Å². The van der Waals surface area contributed by atoms with E-state index >= 15 is 0 Å². The number of hydrogen-bond donors (Lipinski definition) is 5. The van der Waals surface area contributed by atoms with Crippen molar-refractivity contribution in [2.75, 3.05) is 43.9 Å². The van der Waals surface area contributed by atoms with E-state index in [1.807, 2.05) is 6.92 Å². The van der Waals surface area contributed by atoms with Crippen LogP contribution in [0, 0.1) is 23.2 Å². The summed E-state index contributed by atoms with van der Waals surface area (Å²) >= 11 is 15.6. The molecule has 0 saturated carbocycles. The van der Waals surface area contributed by atoms with E-state index in [1.54, 1.807) is 6.07 Å². The second-order valence-electron chi connectivity index (χ2n) is 7.00. The van der Waals surface area contributed by atoms with E-state index in [1.165, 1.54) is 11.8 Å². The van der Waals surface area contributed by atoms with Crippen LogP contribution in [0.4, 0.5) is 0 Å². The minimum absolute atomic E-state index is 0. The summed E-state index contributed by atoms with van der Waals surface area (Å²) in [5.41, 5.74) is 9.69. The largest absolute Gasteiger partial charge is 1.00 e. The zero-order valence-electron chi connectivity index (χ0n) is 21.5. The third-order valence-corrected chi connectivity index (χ3v) is 4.61. The standard InChI is InChI=1S/C6H10N2O3.C4H6ClNO.C4H9ClO.C3H5ClO.C3H7NO.CN.Na/c7-5(10)3-8-2-4(9)1-6(8)11;5-3-4(7)1-2-6;1-2-4(6)3-5;4-1-3-2-5-3;1-3(5)2-4;1-2;/h4,9H,1-3H2,(H2,7,10);4,7H,1,3H2;4,6H,2-3H2,1H3;3H,1-2H2;2,4H2,1H3;;/q;;;;;-1;+1. The van der Waals surface area contributed by atoms with E-state index < -0.39 is 18.1 Å². The van der Waals surface area contributed by atoms with E-state index in [0.29, 0.717) is 17.9 Å². The topological polar surface area (TPSA) is 227 Å². The SMILES string of the molecule is CC(=O)CN.CCC(O)CCl.ClCC1CO1.N#CCC(O)CCl.NC(=O)CN1CC(O)CC1=O.[C-]#N.[Na+]. The van der Waals surface area contributed by atoms with Crippen molar-refractivity contribution in [3.63, 3.8) is 0 Å². The fraction of sp³-hybridized carbons (Fsp3) is 0.762. The number of β-amino-alcohol motifs (C(OH)–C–C–N with tert-alkyl or cyclic N) is 1. The Kier molecular flexibility index (Phi) is 41.5. The van der Waals surface area contributed by atoms with Crippen molar-refractivity contribution in [1.29, 1.82) is 10.5 Å². The van der Waals surface area contributed by atoms with E-state index in [2.05, 4.69) is 0 Å². The number of nitrogens with zero attached hydrogens (tertiary/aromatic N) is 3. The van der Waals surface area contributed by atoms with Crippen LogP contribution in [0.3, 0.4) is 0 Å². The van der Waals surface area contributed by atoms with Crippen LogP contribution >= 0.6 is 34.8 Å². The van der Waals surface area contributed by atoms with Crippen LogP contribution in [0.25, 0.3) is 0 Å². The normalized spacial score (nSPS) is 17.7. The smallest absolute Gasteiger partial charge is 0.512 e. The Morgan fingerprint density at radius 3 is 1.84 bits per heavy atom. The van der Waals surface area contributed by atoms with Crippen molar-refractivity contribution >= 4 is 52.4 Å². The van der Waals surface area contributed by atoms with Gasteiger partial charge in [0.15, 0.2) is 0 Å². The molecule has 2 fully saturated rings. The molecular formula is C21H37Cl3N5NaO7. The first-order valence-electron chi connectivity index (χ1n) is 10.6. The molecule has 0 aromatic rings. The molecule has 2 saturated heterocycles. The quantitative estimate of drug-likeness (QED) is 0.0812. The number of likely N-dealkylation sites (tertiary alicyclic amines) is 1. The summed E-state index contributed by atoms with van der Waals surface area (Å²) in [6.07, 6.45) is -0.197. The van der Waals surface area contributed by atoms with Crippen molar-refractivity contribution < 1.29 is 64.0 Å². The molecule has 210 valence electrons. The van der Waals surface area contributed by atoms with Gasteiger partial charge < -0.3 is 48.3 Å². The van der Waals surface area contributed by atoms with Gasteiger partial charge in [-0.25, -0.2) is 0 Å². The van der Waals surface area contributed by atoms with Gasteiger partial charge in [-0.3, -0.25) is 14.4 Å². The summed E-state index contributed by atoms with van der Waals surface area (Å²) in [5.74, 6) is 0.443. The predicted molar refractivity (Wildman–Crippen MR) is 136 cm³/mol. The number of aliphatic hydroxyl groups excluding tert-OH is 3. The minimum atomic E-state index is -0.647. The second-order valence-corrected chi connectivity index (χ2v) is 7.93. The second kappa shape index (κ2) is 33.3. The summed E-state index contributed by atoms with van der Waals surface area (Å²) in [4.78, 5) is 32.2. The number of rotatable bonds is 8. The summed E-state index contributed by atoms with van der Waals surface area (Å²) in [6.45, 7) is 9.29.